The largest absolute Gasteiger partial charge is 0.385 e. The Bertz CT molecular complexity index is 392. The maximum Gasteiger partial charge on any atom is 0.108 e. The Morgan fingerprint density at radius 1 is 1.29 bits per heavy atom. The minimum absolute atomic E-state index is 0.420. The molecule has 1 aliphatic rings. The van der Waals surface area contributed by atoms with Gasteiger partial charge in [-0.05, 0) is 51.2 Å². The van der Waals surface area contributed by atoms with Crippen molar-refractivity contribution in [3.63, 3.8) is 0 Å². The monoisotopic (exact) mass is 234 g/mol. The Balaban J connectivity index is 2.29. The smallest absolute Gasteiger partial charge is 0.108 e. The fraction of sp³-hybridized carbons (Fsp3) is 0.600. The van der Waals surface area contributed by atoms with Gasteiger partial charge in [0.15, 0.2) is 0 Å². The summed E-state index contributed by atoms with van der Waals surface area (Å²) in [6.45, 7) is 6.89. The molecule has 94 valence electrons. The van der Waals surface area contributed by atoms with Crippen molar-refractivity contribution < 1.29 is 9.84 Å². The fourth-order valence-electron chi connectivity index (χ4n) is 2.55. The van der Waals surface area contributed by atoms with Crippen LogP contribution in [0.25, 0.3) is 0 Å². The SMILES string of the molecule is Cc1ccc(C)c(C(O)C2(C)CCCCO2)c1. The van der Waals surface area contributed by atoms with Crippen molar-refractivity contribution in [2.24, 2.45) is 0 Å². The molecular weight excluding hydrogens is 212 g/mol. The summed E-state index contributed by atoms with van der Waals surface area (Å²) >= 11 is 0. The highest BCUT2D eigenvalue weighted by molar-refractivity contribution is 5.33. The highest BCUT2D eigenvalue weighted by Gasteiger charge is 2.37. The van der Waals surface area contributed by atoms with Gasteiger partial charge in [0.1, 0.15) is 6.10 Å². The van der Waals surface area contributed by atoms with E-state index in [4.69, 9.17) is 4.74 Å². The third-order valence-electron chi connectivity index (χ3n) is 3.81. The van der Waals surface area contributed by atoms with Gasteiger partial charge in [0.2, 0.25) is 0 Å². The van der Waals surface area contributed by atoms with E-state index in [1.54, 1.807) is 0 Å². The van der Waals surface area contributed by atoms with Gasteiger partial charge in [0.05, 0.1) is 5.60 Å². The Labute approximate surface area is 104 Å². The average Bonchev–Trinajstić information content (AvgIpc) is 2.32. The number of hydrogen-bond donors (Lipinski definition) is 1. The first kappa shape index (κ1) is 12.6. The highest BCUT2D eigenvalue weighted by atomic mass is 16.5. The number of aliphatic hydroxyl groups is 1. The van der Waals surface area contributed by atoms with Crippen molar-refractivity contribution in [3.8, 4) is 0 Å². The summed E-state index contributed by atoms with van der Waals surface area (Å²) in [4.78, 5) is 0. The van der Waals surface area contributed by atoms with Crippen LogP contribution in [0.2, 0.25) is 0 Å². The first-order valence-corrected chi connectivity index (χ1v) is 6.42. The molecule has 17 heavy (non-hydrogen) atoms. The summed E-state index contributed by atoms with van der Waals surface area (Å²) in [6, 6.07) is 6.22. The summed E-state index contributed by atoms with van der Waals surface area (Å²) in [5.74, 6) is 0. The first-order valence-electron chi connectivity index (χ1n) is 6.42. The molecular formula is C15H22O2. The summed E-state index contributed by atoms with van der Waals surface area (Å²) in [5, 5.41) is 10.6. The van der Waals surface area contributed by atoms with Gasteiger partial charge >= 0.3 is 0 Å². The Morgan fingerprint density at radius 3 is 2.71 bits per heavy atom. The van der Waals surface area contributed by atoms with Gasteiger partial charge in [0, 0.05) is 6.61 Å². The van der Waals surface area contributed by atoms with E-state index in [2.05, 4.69) is 25.1 Å². The molecule has 0 aliphatic carbocycles. The lowest BCUT2D eigenvalue weighted by atomic mass is 9.84. The van der Waals surface area contributed by atoms with Gasteiger partial charge < -0.3 is 9.84 Å². The number of ether oxygens (including phenoxy) is 1. The Morgan fingerprint density at radius 2 is 2.06 bits per heavy atom. The van der Waals surface area contributed by atoms with Crippen LogP contribution >= 0.6 is 0 Å². The van der Waals surface area contributed by atoms with E-state index in [-0.39, 0.29) is 0 Å². The van der Waals surface area contributed by atoms with Crippen molar-refractivity contribution in [2.75, 3.05) is 6.61 Å². The quantitative estimate of drug-likeness (QED) is 0.850. The molecule has 1 N–H and O–H groups in total. The van der Waals surface area contributed by atoms with Crippen LogP contribution in [0.1, 0.15) is 49.0 Å². The fourth-order valence-corrected chi connectivity index (χ4v) is 2.55. The average molecular weight is 234 g/mol. The van der Waals surface area contributed by atoms with E-state index >= 15 is 0 Å². The minimum atomic E-state index is -0.525. The molecule has 2 rings (SSSR count). The van der Waals surface area contributed by atoms with E-state index in [1.807, 2.05) is 13.8 Å². The molecule has 2 atom stereocenters. The Kier molecular flexibility index (Phi) is 3.55. The van der Waals surface area contributed by atoms with E-state index in [0.717, 1.165) is 37.0 Å². The number of aryl methyl sites for hydroxylation is 2. The van der Waals surface area contributed by atoms with Crippen LogP contribution < -0.4 is 0 Å². The lowest BCUT2D eigenvalue weighted by molar-refractivity contribution is -0.138. The zero-order valence-electron chi connectivity index (χ0n) is 11.0. The van der Waals surface area contributed by atoms with Crippen LogP contribution in [0.5, 0.6) is 0 Å². The molecule has 1 fully saturated rings. The number of rotatable bonds is 2. The molecule has 0 bridgehead atoms. The van der Waals surface area contributed by atoms with Crippen molar-refractivity contribution in [3.05, 3.63) is 34.9 Å². The number of aliphatic hydroxyl groups excluding tert-OH is 1. The van der Waals surface area contributed by atoms with Gasteiger partial charge in [-0.3, -0.25) is 0 Å². The molecule has 0 aromatic heterocycles. The predicted molar refractivity (Wildman–Crippen MR) is 69.1 cm³/mol. The molecule has 2 heteroatoms. The maximum absolute atomic E-state index is 10.6. The molecule has 1 saturated heterocycles. The van der Waals surface area contributed by atoms with Crippen LogP contribution in [-0.4, -0.2) is 17.3 Å². The van der Waals surface area contributed by atoms with Gasteiger partial charge in [-0.1, -0.05) is 23.8 Å². The Hall–Kier alpha value is -0.860. The first-order chi connectivity index (χ1) is 8.03. The third kappa shape index (κ3) is 2.53. The van der Waals surface area contributed by atoms with Crippen molar-refractivity contribution in [1.82, 2.24) is 0 Å². The van der Waals surface area contributed by atoms with Crippen LogP contribution in [-0.2, 0) is 4.74 Å². The van der Waals surface area contributed by atoms with E-state index < -0.39 is 11.7 Å². The van der Waals surface area contributed by atoms with E-state index in [0.29, 0.717) is 0 Å². The second-order valence-electron chi connectivity index (χ2n) is 5.38. The maximum atomic E-state index is 10.6. The molecule has 2 nitrogen and oxygen atoms in total. The van der Waals surface area contributed by atoms with Crippen molar-refractivity contribution in [2.45, 2.75) is 51.7 Å². The van der Waals surface area contributed by atoms with E-state index in [1.165, 1.54) is 5.56 Å². The number of benzene rings is 1. The molecule has 1 aromatic rings. The highest BCUT2D eigenvalue weighted by Crippen LogP contribution is 2.37. The summed E-state index contributed by atoms with van der Waals surface area (Å²) in [5.41, 5.74) is 2.91. The van der Waals surface area contributed by atoms with Gasteiger partial charge in [-0.25, -0.2) is 0 Å². The molecule has 1 aliphatic heterocycles. The molecule has 2 unspecified atom stereocenters. The molecule has 0 radical (unpaired) electrons. The molecule has 0 saturated carbocycles. The topological polar surface area (TPSA) is 29.5 Å². The zero-order valence-corrected chi connectivity index (χ0v) is 11.0. The van der Waals surface area contributed by atoms with Gasteiger partial charge in [0.25, 0.3) is 0 Å². The van der Waals surface area contributed by atoms with Crippen LogP contribution in [0.15, 0.2) is 18.2 Å². The summed E-state index contributed by atoms with van der Waals surface area (Å²) in [6.07, 6.45) is 2.65. The normalized spacial score (nSPS) is 26.8. The predicted octanol–water partition coefficient (Wildman–Crippen LogP) is 3.30. The van der Waals surface area contributed by atoms with Crippen molar-refractivity contribution >= 4 is 0 Å². The molecule has 1 aromatic carbocycles. The second kappa shape index (κ2) is 4.79. The minimum Gasteiger partial charge on any atom is -0.385 e. The lowest BCUT2D eigenvalue weighted by Gasteiger charge is -2.38. The van der Waals surface area contributed by atoms with Crippen molar-refractivity contribution in [1.29, 1.82) is 0 Å². The molecule has 0 amide bonds. The second-order valence-corrected chi connectivity index (χ2v) is 5.38. The third-order valence-corrected chi connectivity index (χ3v) is 3.81. The number of hydrogen-bond acceptors (Lipinski definition) is 2. The summed E-state index contributed by atoms with van der Waals surface area (Å²) in [7, 11) is 0. The van der Waals surface area contributed by atoms with Gasteiger partial charge in [-0.15, -0.1) is 0 Å². The standard InChI is InChI=1S/C15H22O2/c1-11-6-7-12(2)13(10-11)14(16)15(3)8-4-5-9-17-15/h6-7,10,14,16H,4-5,8-9H2,1-3H3. The molecule has 1 heterocycles. The summed E-state index contributed by atoms with van der Waals surface area (Å²) < 4.78 is 5.83. The van der Waals surface area contributed by atoms with Gasteiger partial charge in [-0.2, -0.15) is 0 Å². The van der Waals surface area contributed by atoms with Crippen LogP contribution in [0.4, 0.5) is 0 Å². The van der Waals surface area contributed by atoms with E-state index in [9.17, 15) is 5.11 Å². The van der Waals surface area contributed by atoms with Crippen LogP contribution in [0.3, 0.4) is 0 Å². The molecule has 0 spiro atoms. The lowest BCUT2D eigenvalue weighted by Crippen LogP contribution is -2.39. The zero-order chi connectivity index (χ0) is 12.5. The van der Waals surface area contributed by atoms with Crippen LogP contribution in [0, 0.1) is 13.8 Å².